The second kappa shape index (κ2) is 18.1. The maximum Gasteiger partial charge on any atom is 0.421 e. The molecule has 0 bridgehead atoms. The molecule has 0 aliphatic rings. The molecule has 2 N–H and O–H groups in total. The predicted molar refractivity (Wildman–Crippen MR) is 223 cm³/mol. The molecule has 0 spiro atoms. The molecule has 2 aromatic heterocycles. The van der Waals surface area contributed by atoms with Crippen molar-refractivity contribution in [3.05, 3.63) is 206 Å². The summed E-state index contributed by atoms with van der Waals surface area (Å²) in [5.41, 5.74) is -5.22. The van der Waals surface area contributed by atoms with Crippen LogP contribution >= 0.6 is 0 Å². The number of aromatic nitrogens is 2. The molecule has 326 valence electrons. The van der Waals surface area contributed by atoms with Crippen LogP contribution in [-0.2, 0) is 24.3 Å². The lowest BCUT2D eigenvalue weighted by atomic mass is 9.89. The summed E-state index contributed by atoms with van der Waals surface area (Å²) in [5, 5.41) is 44.1. The summed E-state index contributed by atoms with van der Waals surface area (Å²) >= 11 is 0. The highest BCUT2D eigenvalue weighted by Gasteiger charge is 2.56. The van der Waals surface area contributed by atoms with Gasteiger partial charge in [-0.3, -0.25) is 20.2 Å². The number of fused-ring (bicyclic) bond motifs is 2. The monoisotopic (exact) mass is 874 g/mol. The maximum absolute atomic E-state index is 14.3. The third kappa shape index (κ3) is 9.69. The van der Waals surface area contributed by atoms with E-state index in [0.717, 1.165) is 29.3 Å². The van der Waals surface area contributed by atoms with Crippen LogP contribution in [0.15, 0.2) is 152 Å². The number of nitro benzene ring substituents is 2. The van der Waals surface area contributed by atoms with Crippen LogP contribution in [-0.4, -0.2) is 41.5 Å². The van der Waals surface area contributed by atoms with Crippen molar-refractivity contribution < 1.29 is 50.8 Å². The van der Waals surface area contributed by atoms with Crippen LogP contribution in [0.25, 0.3) is 27.9 Å². The van der Waals surface area contributed by atoms with Gasteiger partial charge in [0, 0.05) is 84.5 Å². The van der Waals surface area contributed by atoms with Gasteiger partial charge in [0.25, 0.3) is 11.4 Å². The summed E-state index contributed by atoms with van der Waals surface area (Å²) in [5.74, 6) is -0.478. The lowest BCUT2D eigenvalue weighted by molar-refractivity contribution is -0.384. The molecule has 0 radical (unpaired) electrons. The summed E-state index contributed by atoms with van der Waals surface area (Å²) in [6.07, 6.45) is -5.61. The first-order valence-corrected chi connectivity index (χ1v) is 19.0. The first kappa shape index (κ1) is 45.4. The van der Waals surface area contributed by atoms with Crippen molar-refractivity contribution in [3.8, 4) is 0 Å². The standard InChI is InChI=1S/C26H20F4N2O3.C20H17F3N2O3/c27-20-10-8-18(9-11-20)7-4-14-25(33,26(28,29)30)23-17-31(16-19-5-2-1-3-6-19)24-15-21(32(34)35)12-13-22(23)24;1-2-10-19(26,20(21,22)23)17-13-24(12-14-6-4-3-5-7-14)18-11-15(25(27)28)8-9-16(17)18/h1-13,15,17,33H,14,16H2;2-9,11,13,26H,1,10,12H2/b7-4+;. The minimum Gasteiger partial charge on any atom is -0.376 e. The van der Waals surface area contributed by atoms with Crippen molar-refractivity contribution >= 4 is 39.3 Å². The summed E-state index contributed by atoms with van der Waals surface area (Å²) < 4.78 is 100. The fourth-order valence-corrected chi connectivity index (χ4v) is 7.17. The highest BCUT2D eigenvalue weighted by Crippen LogP contribution is 2.47. The second-order valence-electron chi connectivity index (χ2n) is 14.6. The molecule has 7 rings (SSSR count). The van der Waals surface area contributed by atoms with Gasteiger partial charge in [0.2, 0.25) is 0 Å². The van der Waals surface area contributed by atoms with Crippen molar-refractivity contribution in [2.24, 2.45) is 0 Å². The van der Waals surface area contributed by atoms with Crippen LogP contribution in [0.5, 0.6) is 0 Å². The largest absolute Gasteiger partial charge is 0.421 e. The molecule has 5 aromatic carbocycles. The highest BCUT2D eigenvalue weighted by atomic mass is 19.4. The molecule has 7 aromatic rings. The van der Waals surface area contributed by atoms with Crippen molar-refractivity contribution in [2.75, 3.05) is 0 Å². The minimum atomic E-state index is -5.05. The summed E-state index contributed by atoms with van der Waals surface area (Å²) in [6.45, 7) is 3.67. The van der Waals surface area contributed by atoms with E-state index in [9.17, 15) is 61.2 Å². The Morgan fingerprint density at radius 3 is 1.40 bits per heavy atom. The molecule has 0 aliphatic carbocycles. The highest BCUT2D eigenvalue weighted by molar-refractivity contribution is 5.88. The van der Waals surface area contributed by atoms with E-state index in [1.54, 1.807) is 60.7 Å². The van der Waals surface area contributed by atoms with Gasteiger partial charge in [-0.1, -0.05) is 91.0 Å². The van der Waals surface area contributed by atoms with Gasteiger partial charge in [-0.2, -0.15) is 26.3 Å². The summed E-state index contributed by atoms with van der Waals surface area (Å²) in [4.78, 5) is 21.2. The third-order valence-electron chi connectivity index (χ3n) is 10.4. The first-order valence-electron chi connectivity index (χ1n) is 19.0. The molecular formula is C46H37F7N4O6. The normalized spacial score (nSPS) is 13.9. The van der Waals surface area contributed by atoms with Gasteiger partial charge >= 0.3 is 12.4 Å². The van der Waals surface area contributed by atoms with Crippen LogP contribution in [0, 0.1) is 26.0 Å². The Morgan fingerprint density at radius 2 is 1.02 bits per heavy atom. The van der Waals surface area contributed by atoms with Crippen LogP contribution in [0.4, 0.5) is 42.1 Å². The number of rotatable bonds is 13. The van der Waals surface area contributed by atoms with Gasteiger partial charge in [-0.15, -0.1) is 6.58 Å². The third-order valence-corrected chi connectivity index (χ3v) is 10.4. The average Bonchev–Trinajstić information content (AvgIpc) is 3.79. The number of alkyl halides is 6. The van der Waals surface area contributed by atoms with Crippen LogP contribution in [0.2, 0.25) is 0 Å². The molecular weight excluding hydrogens is 838 g/mol. The number of non-ortho nitro benzene ring substituents is 2. The van der Waals surface area contributed by atoms with Crippen LogP contribution < -0.4 is 0 Å². The Bertz CT molecular complexity index is 2790. The van der Waals surface area contributed by atoms with Crippen LogP contribution in [0.3, 0.4) is 0 Å². The second-order valence-corrected chi connectivity index (χ2v) is 14.6. The molecule has 0 fully saturated rings. The van der Waals surface area contributed by atoms with Gasteiger partial charge in [0.05, 0.1) is 20.9 Å². The SMILES string of the molecule is C=CCC(O)(c1cn(Cc2ccccc2)c2cc([N+](=O)[O-])ccc12)C(F)(F)F.O=[N+]([O-])c1ccc2c(C(O)(C/C=C/c3ccc(F)cc3)C(F)(F)F)cn(Cc3ccccc3)c2c1. The van der Waals surface area contributed by atoms with Crippen molar-refractivity contribution in [2.45, 2.75) is 49.5 Å². The smallest absolute Gasteiger partial charge is 0.376 e. The molecule has 63 heavy (non-hydrogen) atoms. The molecule has 17 heteroatoms. The number of aliphatic hydroxyl groups is 2. The predicted octanol–water partition coefficient (Wildman–Crippen LogP) is 11.5. The Labute approximate surface area is 354 Å². The topological polar surface area (TPSA) is 137 Å². The van der Waals surface area contributed by atoms with Crippen LogP contribution in [0.1, 0.15) is 40.7 Å². The zero-order valence-electron chi connectivity index (χ0n) is 32.9. The van der Waals surface area contributed by atoms with Gasteiger partial charge in [0.15, 0.2) is 11.2 Å². The fourth-order valence-electron chi connectivity index (χ4n) is 7.17. The van der Waals surface area contributed by atoms with E-state index in [0.29, 0.717) is 5.56 Å². The molecule has 2 unspecified atom stereocenters. The quantitative estimate of drug-likeness (QED) is 0.0512. The number of benzene rings is 5. The average molecular weight is 875 g/mol. The molecule has 0 amide bonds. The lowest BCUT2D eigenvalue weighted by Crippen LogP contribution is -2.41. The molecule has 10 nitrogen and oxygen atoms in total. The Balaban J connectivity index is 0.000000215. The molecule has 0 saturated carbocycles. The molecule has 2 atom stereocenters. The zero-order valence-corrected chi connectivity index (χ0v) is 32.9. The van der Waals surface area contributed by atoms with Gasteiger partial charge in [-0.25, -0.2) is 4.39 Å². The van der Waals surface area contributed by atoms with Gasteiger partial charge < -0.3 is 19.3 Å². The molecule has 0 aliphatic heterocycles. The number of hydrogen-bond acceptors (Lipinski definition) is 6. The Morgan fingerprint density at radius 1 is 0.603 bits per heavy atom. The van der Waals surface area contributed by atoms with E-state index >= 15 is 0 Å². The van der Waals surface area contributed by atoms with E-state index in [-0.39, 0.29) is 51.8 Å². The summed E-state index contributed by atoms with van der Waals surface area (Å²) in [7, 11) is 0. The minimum absolute atomic E-state index is 0.0570. The van der Waals surface area contributed by atoms with Gasteiger partial charge in [-0.05, 0) is 41.0 Å². The van der Waals surface area contributed by atoms with Crippen molar-refractivity contribution in [1.82, 2.24) is 9.13 Å². The lowest BCUT2D eigenvalue weighted by Gasteiger charge is -2.29. The number of nitro groups is 2. The maximum atomic E-state index is 14.3. The first-order chi connectivity index (χ1) is 29.8. The fraction of sp³-hybridized carbons (Fsp3) is 0.174. The molecule has 0 saturated heterocycles. The number of nitrogens with zero attached hydrogens (tertiary/aromatic N) is 4. The number of hydrogen-bond donors (Lipinski definition) is 2. The molecule has 2 heterocycles. The van der Waals surface area contributed by atoms with E-state index in [1.165, 1.54) is 82.2 Å². The van der Waals surface area contributed by atoms with Crippen molar-refractivity contribution in [1.29, 1.82) is 0 Å². The van der Waals surface area contributed by atoms with E-state index in [2.05, 4.69) is 6.58 Å². The van der Waals surface area contributed by atoms with E-state index < -0.39 is 57.6 Å². The summed E-state index contributed by atoms with van der Waals surface area (Å²) in [6, 6.07) is 30.2. The Kier molecular flexibility index (Phi) is 13.0. The number of halogens is 7. The van der Waals surface area contributed by atoms with E-state index in [4.69, 9.17) is 0 Å². The zero-order chi connectivity index (χ0) is 45.7. The van der Waals surface area contributed by atoms with Crippen molar-refractivity contribution in [3.63, 3.8) is 0 Å². The Hall–Kier alpha value is -7.11. The van der Waals surface area contributed by atoms with Gasteiger partial charge in [0.1, 0.15) is 5.82 Å². The van der Waals surface area contributed by atoms with E-state index in [1.807, 2.05) is 0 Å².